The van der Waals surface area contributed by atoms with E-state index in [2.05, 4.69) is 31.0 Å². The molecule has 3 amide bonds. The summed E-state index contributed by atoms with van der Waals surface area (Å²) in [6, 6.07) is 3.78. The first-order valence-electron chi connectivity index (χ1n) is 11.3. The molecule has 0 unspecified atom stereocenters. The fraction of sp³-hybridized carbons (Fsp3) is 0.667. The molecule has 1 spiro atoms. The van der Waals surface area contributed by atoms with E-state index in [4.69, 9.17) is 9.47 Å². The first-order chi connectivity index (χ1) is 14.7. The average molecular weight is 430 g/mol. The maximum absolute atomic E-state index is 13.3. The number of nitrogens with one attached hydrogen (secondary N) is 1. The van der Waals surface area contributed by atoms with Gasteiger partial charge in [-0.15, -0.1) is 0 Å². The Balaban J connectivity index is 1.44. The van der Waals surface area contributed by atoms with Crippen LogP contribution in [-0.4, -0.2) is 54.7 Å². The molecule has 1 aliphatic carbocycles. The van der Waals surface area contributed by atoms with Crippen molar-refractivity contribution in [2.75, 3.05) is 27.4 Å². The van der Waals surface area contributed by atoms with Gasteiger partial charge in [0.2, 0.25) is 0 Å². The normalized spacial score (nSPS) is 26.7. The molecule has 3 aliphatic rings. The highest BCUT2D eigenvalue weighted by atomic mass is 16.5. The summed E-state index contributed by atoms with van der Waals surface area (Å²) in [6.07, 6.45) is 4.26. The summed E-state index contributed by atoms with van der Waals surface area (Å²) in [4.78, 5) is 29.7. The zero-order valence-electron chi connectivity index (χ0n) is 19.4. The van der Waals surface area contributed by atoms with Gasteiger partial charge in [-0.1, -0.05) is 20.8 Å². The second kappa shape index (κ2) is 8.01. The van der Waals surface area contributed by atoms with Gasteiger partial charge in [-0.05, 0) is 66.7 Å². The minimum absolute atomic E-state index is 0.0528. The van der Waals surface area contributed by atoms with Crippen LogP contribution in [0.4, 0.5) is 4.79 Å². The zero-order chi connectivity index (χ0) is 22.4. The molecule has 31 heavy (non-hydrogen) atoms. The van der Waals surface area contributed by atoms with E-state index in [-0.39, 0.29) is 17.4 Å². The van der Waals surface area contributed by atoms with E-state index in [9.17, 15) is 9.59 Å². The largest absolute Gasteiger partial charge is 0.493 e. The molecule has 7 heteroatoms. The van der Waals surface area contributed by atoms with Crippen LogP contribution in [-0.2, 0) is 17.8 Å². The Bertz CT molecular complexity index is 868. The Hall–Kier alpha value is -2.28. The van der Waals surface area contributed by atoms with E-state index < -0.39 is 5.54 Å². The number of benzene rings is 1. The number of hydrogen-bond acceptors (Lipinski definition) is 5. The molecule has 0 atom stereocenters. The topological polar surface area (TPSA) is 71.1 Å². The molecule has 2 aliphatic heterocycles. The number of imide groups is 1. The molecule has 1 aromatic carbocycles. The Morgan fingerprint density at radius 3 is 2.26 bits per heavy atom. The predicted molar refractivity (Wildman–Crippen MR) is 118 cm³/mol. The number of methoxy groups -OCH3 is 2. The van der Waals surface area contributed by atoms with E-state index >= 15 is 0 Å². The van der Waals surface area contributed by atoms with E-state index in [1.807, 2.05) is 12.1 Å². The maximum atomic E-state index is 13.3. The second-order valence-electron chi connectivity index (χ2n) is 10.3. The van der Waals surface area contributed by atoms with Crippen molar-refractivity contribution in [2.24, 2.45) is 11.3 Å². The summed E-state index contributed by atoms with van der Waals surface area (Å²) >= 11 is 0. The van der Waals surface area contributed by atoms with Crippen LogP contribution in [0.5, 0.6) is 11.5 Å². The predicted octanol–water partition coefficient (Wildman–Crippen LogP) is 3.55. The third-order valence-corrected chi connectivity index (χ3v) is 7.45. The van der Waals surface area contributed by atoms with E-state index in [1.54, 1.807) is 14.2 Å². The highest BCUT2D eigenvalue weighted by Crippen LogP contribution is 2.43. The average Bonchev–Trinajstić information content (AvgIpc) is 2.96. The van der Waals surface area contributed by atoms with Crippen molar-refractivity contribution in [1.82, 2.24) is 15.1 Å². The lowest BCUT2D eigenvalue weighted by Crippen LogP contribution is -2.51. The van der Waals surface area contributed by atoms with Crippen LogP contribution >= 0.6 is 0 Å². The number of ether oxygens (including phenoxy) is 2. The monoisotopic (exact) mass is 429 g/mol. The Labute approximate surface area is 185 Å². The highest BCUT2D eigenvalue weighted by Gasteiger charge is 2.53. The van der Waals surface area contributed by atoms with E-state index in [0.29, 0.717) is 24.9 Å². The Morgan fingerprint density at radius 1 is 1.06 bits per heavy atom. The number of urea groups is 1. The number of carbonyl (C=O) groups excluding carboxylic acids is 2. The lowest BCUT2D eigenvalue weighted by atomic mass is 9.67. The molecule has 0 bridgehead atoms. The van der Waals surface area contributed by atoms with Crippen molar-refractivity contribution in [2.45, 2.75) is 65.0 Å². The molecular formula is C24H35N3O4. The van der Waals surface area contributed by atoms with Crippen molar-refractivity contribution >= 4 is 11.9 Å². The summed E-state index contributed by atoms with van der Waals surface area (Å²) in [5.74, 6) is 1.97. The van der Waals surface area contributed by atoms with Crippen LogP contribution < -0.4 is 14.8 Å². The third-order valence-electron chi connectivity index (χ3n) is 7.45. The maximum Gasteiger partial charge on any atom is 0.326 e. The molecule has 1 aromatic rings. The lowest BCUT2D eigenvalue weighted by molar-refractivity contribution is -0.134. The molecular weight excluding hydrogens is 394 g/mol. The molecule has 0 aromatic heterocycles. The minimum atomic E-state index is -0.705. The van der Waals surface area contributed by atoms with Crippen LogP contribution in [0, 0.1) is 11.3 Å². The van der Waals surface area contributed by atoms with Gasteiger partial charge in [0.25, 0.3) is 5.91 Å². The standard InChI is InChI=1S/C24H35N3O4/c1-23(2,3)18-6-9-24(10-7-18)21(28)27(22(29)25-24)15-26-11-8-16-12-19(30-4)20(31-5)13-17(16)14-26/h12-13,18H,6-11,14-15H2,1-5H3,(H,25,29). The van der Waals surface area contributed by atoms with Crippen LogP contribution in [0.3, 0.4) is 0 Å². The molecule has 7 nitrogen and oxygen atoms in total. The van der Waals surface area contributed by atoms with Gasteiger partial charge < -0.3 is 14.8 Å². The zero-order valence-corrected chi connectivity index (χ0v) is 19.4. The van der Waals surface area contributed by atoms with E-state index in [1.165, 1.54) is 10.5 Å². The van der Waals surface area contributed by atoms with Crippen molar-refractivity contribution in [1.29, 1.82) is 0 Å². The summed E-state index contributed by atoms with van der Waals surface area (Å²) < 4.78 is 10.9. The number of carbonyl (C=O) groups is 2. The van der Waals surface area contributed by atoms with Crippen LogP contribution in [0.25, 0.3) is 0 Å². The SMILES string of the molecule is COc1cc2c(cc1OC)CN(CN1C(=O)NC3(CCC(C(C)(C)C)CC3)C1=O)CC2. The first kappa shape index (κ1) is 21.9. The van der Waals surface area contributed by atoms with Crippen LogP contribution in [0.2, 0.25) is 0 Å². The van der Waals surface area contributed by atoms with Crippen molar-refractivity contribution in [3.63, 3.8) is 0 Å². The molecule has 4 rings (SSSR count). The van der Waals surface area contributed by atoms with E-state index in [0.717, 1.165) is 50.0 Å². The van der Waals surface area contributed by atoms with Crippen molar-refractivity contribution < 1.29 is 19.1 Å². The molecule has 2 heterocycles. The quantitative estimate of drug-likeness (QED) is 0.742. The molecule has 170 valence electrons. The smallest absolute Gasteiger partial charge is 0.326 e. The van der Waals surface area contributed by atoms with Gasteiger partial charge in [0.1, 0.15) is 5.54 Å². The number of fused-ring (bicyclic) bond motifs is 1. The van der Waals surface area contributed by atoms with Crippen molar-refractivity contribution in [3.8, 4) is 11.5 Å². The third kappa shape index (κ3) is 4.00. The number of amides is 3. The summed E-state index contributed by atoms with van der Waals surface area (Å²) in [6.45, 7) is 8.56. The van der Waals surface area contributed by atoms with Gasteiger partial charge in [-0.25, -0.2) is 9.69 Å². The summed E-state index contributed by atoms with van der Waals surface area (Å²) in [5, 5.41) is 3.06. The van der Waals surface area contributed by atoms with Gasteiger partial charge in [0, 0.05) is 13.1 Å². The Morgan fingerprint density at radius 2 is 1.68 bits per heavy atom. The van der Waals surface area contributed by atoms with Gasteiger partial charge in [0.15, 0.2) is 11.5 Å². The molecule has 1 N–H and O–H groups in total. The molecule has 2 fully saturated rings. The van der Waals surface area contributed by atoms with Gasteiger partial charge in [-0.2, -0.15) is 0 Å². The second-order valence-corrected chi connectivity index (χ2v) is 10.3. The number of hydrogen-bond donors (Lipinski definition) is 1. The van der Waals surface area contributed by atoms with Crippen molar-refractivity contribution in [3.05, 3.63) is 23.3 Å². The molecule has 1 saturated carbocycles. The van der Waals surface area contributed by atoms with Crippen LogP contribution in [0.1, 0.15) is 57.6 Å². The molecule has 1 saturated heterocycles. The van der Waals surface area contributed by atoms with Gasteiger partial charge in [0.05, 0.1) is 20.9 Å². The highest BCUT2D eigenvalue weighted by molar-refractivity contribution is 6.07. The van der Waals surface area contributed by atoms with Gasteiger partial charge >= 0.3 is 6.03 Å². The van der Waals surface area contributed by atoms with Crippen LogP contribution in [0.15, 0.2) is 12.1 Å². The van der Waals surface area contributed by atoms with Gasteiger partial charge in [-0.3, -0.25) is 9.69 Å². The fourth-order valence-corrected chi connectivity index (χ4v) is 5.38. The minimum Gasteiger partial charge on any atom is -0.493 e. The lowest BCUT2D eigenvalue weighted by Gasteiger charge is -2.40. The first-order valence-corrected chi connectivity index (χ1v) is 11.3. The fourth-order valence-electron chi connectivity index (χ4n) is 5.38. The number of nitrogens with zero attached hydrogens (tertiary/aromatic N) is 2. The summed E-state index contributed by atoms with van der Waals surface area (Å²) in [7, 11) is 3.27. The number of rotatable bonds is 4. The summed E-state index contributed by atoms with van der Waals surface area (Å²) in [5.41, 5.74) is 1.90. The Kier molecular flexibility index (Phi) is 5.66. The molecule has 0 radical (unpaired) electrons.